The van der Waals surface area contributed by atoms with Crippen LogP contribution in [0.1, 0.15) is 22.0 Å². The molecular weight excluding hydrogens is 242 g/mol. The molecule has 7 heteroatoms. The second-order valence-electron chi connectivity index (χ2n) is 3.56. The molecule has 0 spiro atoms. The van der Waals surface area contributed by atoms with Crippen LogP contribution in [-0.4, -0.2) is 40.4 Å². The number of rotatable bonds is 4. The van der Waals surface area contributed by atoms with E-state index in [1.165, 1.54) is 13.2 Å². The number of esters is 1. The molecule has 2 atom stereocenters. The number of primary amides is 1. The van der Waals surface area contributed by atoms with Gasteiger partial charge < -0.3 is 25.8 Å². The predicted molar refractivity (Wildman–Crippen MR) is 59.6 cm³/mol. The van der Waals surface area contributed by atoms with Crippen LogP contribution < -0.4 is 5.73 Å². The number of amides is 1. The van der Waals surface area contributed by atoms with Gasteiger partial charge in [0.15, 0.2) is 6.10 Å². The van der Waals surface area contributed by atoms with Gasteiger partial charge in [0.1, 0.15) is 11.9 Å². The van der Waals surface area contributed by atoms with Crippen molar-refractivity contribution in [2.45, 2.75) is 12.2 Å². The minimum Gasteiger partial charge on any atom is -0.508 e. The average molecular weight is 255 g/mol. The number of carbonyl (C=O) groups is 2. The van der Waals surface area contributed by atoms with Gasteiger partial charge in [-0.25, -0.2) is 4.79 Å². The summed E-state index contributed by atoms with van der Waals surface area (Å²) in [5, 5.41) is 28.5. The number of phenolic OH excluding ortho intramolecular Hbond substituents is 1. The van der Waals surface area contributed by atoms with Crippen LogP contribution in [0, 0.1) is 0 Å². The summed E-state index contributed by atoms with van der Waals surface area (Å²) in [6.07, 6.45) is -3.61. The van der Waals surface area contributed by atoms with Crippen LogP contribution in [0.15, 0.2) is 18.2 Å². The second kappa shape index (κ2) is 5.48. The number of aliphatic hydroxyl groups is 2. The van der Waals surface area contributed by atoms with Crippen molar-refractivity contribution in [3.8, 4) is 5.75 Å². The van der Waals surface area contributed by atoms with Crippen molar-refractivity contribution in [3.63, 3.8) is 0 Å². The SMILES string of the molecule is COC(=O)c1ccc(O)c(C(O)C(O)C(N)=O)c1. The summed E-state index contributed by atoms with van der Waals surface area (Å²) in [4.78, 5) is 22.0. The lowest BCUT2D eigenvalue weighted by atomic mass is 10.0. The summed E-state index contributed by atoms with van der Waals surface area (Å²) < 4.78 is 4.46. The zero-order valence-corrected chi connectivity index (χ0v) is 9.53. The van der Waals surface area contributed by atoms with E-state index in [1.807, 2.05) is 0 Å². The van der Waals surface area contributed by atoms with E-state index in [2.05, 4.69) is 4.74 Å². The Morgan fingerprint density at radius 1 is 1.33 bits per heavy atom. The van der Waals surface area contributed by atoms with Crippen molar-refractivity contribution in [3.05, 3.63) is 29.3 Å². The minimum atomic E-state index is -1.89. The van der Waals surface area contributed by atoms with Gasteiger partial charge >= 0.3 is 5.97 Å². The van der Waals surface area contributed by atoms with Crippen molar-refractivity contribution < 1.29 is 29.6 Å². The monoisotopic (exact) mass is 255 g/mol. The first-order valence-electron chi connectivity index (χ1n) is 4.95. The lowest BCUT2D eigenvalue weighted by molar-refractivity contribution is -0.132. The lowest BCUT2D eigenvalue weighted by Crippen LogP contribution is -2.34. The van der Waals surface area contributed by atoms with E-state index in [0.717, 1.165) is 12.1 Å². The fourth-order valence-corrected chi connectivity index (χ4v) is 1.36. The Morgan fingerprint density at radius 3 is 2.44 bits per heavy atom. The molecule has 5 N–H and O–H groups in total. The van der Waals surface area contributed by atoms with Crippen LogP contribution >= 0.6 is 0 Å². The van der Waals surface area contributed by atoms with Gasteiger partial charge in [0.05, 0.1) is 12.7 Å². The van der Waals surface area contributed by atoms with Crippen molar-refractivity contribution in [2.24, 2.45) is 5.73 Å². The molecule has 0 radical (unpaired) electrons. The zero-order chi connectivity index (χ0) is 13.9. The molecule has 18 heavy (non-hydrogen) atoms. The zero-order valence-electron chi connectivity index (χ0n) is 9.53. The number of hydrogen-bond acceptors (Lipinski definition) is 6. The van der Waals surface area contributed by atoms with Crippen LogP contribution in [0.2, 0.25) is 0 Å². The molecule has 7 nitrogen and oxygen atoms in total. The van der Waals surface area contributed by atoms with E-state index < -0.39 is 24.1 Å². The van der Waals surface area contributed by atoms with Gasteiger partial charge in [0.2, 0.25) is 5.91 Å². The number of carbonyl (C=O) groups excluding carboxylic acids is 2. The smallest absolute Gasteiger partial charge is 0.337 e. The summed E-state index contributed by atoms with van der Waals surface area (Å²) in [5.41, 5.74) is 4.69. The molecule has 0 aliphatic carbocycles. The molecule has 0 aliphatic heterocycles. The van der Waals surface area contributed by atoms with E-state index in [9.17, 15) is 24.9 Å². The molecule has 0 heterocycles. The Balaban J connectivity index is 3.15. The lowest BCUT2D eigenvalue weighted by Gasteiger charge is -2.16. The molecule has 1 aromatic rings. The fraction of sp³-hybridized carbons (Fsp3) is 0.273. The highest BCUT2D eigenvalue weighted by molar-refractivity contribution is 5.90. The number of aromatic hydroxyl groups is 1. The Hall–Kier alpha value is -2.12. The van der Waals surface area contributed by atoms with Crippen molar-refractivity contribution in [1.82, 2.24) is 0 Å². The normalized spacial score (nSPS) is 13.7. The molecule has 0 saturated heterocycles. The maximum atomic E-state index is 11.3. The first-order chi connectivity index (χ1) is 8.38. The van der Waals surface area contributed by atoms with Gasteiger partial charge in [-0.05, 0) is 18.2 Å². The Bertz CT molecular complexity index is 473. The van der Waals surface area contributed by atoms with Gasteiger partial charge in [-0.3, -0.25) is 4.79 Å². The van der Waals surface area contributed by atoms with E-state index in [0.29, 0.717) is 0 Å². The number of aliphatic hydroxyl groups excluding tert-OH is 2. The number of methoxy groups -OCH3 is 1. The van der Waals surface area contributed by atoms with Gasteiger partial charge in [-0.15, -0.1) is 0 Å². The first kappa shape index (κ1) is 13.9. The van der Waals surface area contributed by atoms with E-state index >= 15 is 0 Å². The van der Waals surface area contributed by atoms with Gasteiger partial charge in [-0.2, -0.15) is 0 Å². The highest BCUT2D eigenvalue weighted by Gasteiger charge is 2.26. The predicted octanol–water partition coefficient (Wildman–Crippen LogP) is -0.942. The summed E-state index contributed by atoms with van der Waals surface area (Å²) in [6.45, 7) is 0. The fourth-order valence-electron chi connectivity index (χ4n) is 1.36. The van der Waals surface area contributed by atoms with Crippen LogP contribution in [0.3, 0.4) is 0 Å². The van der Waals surface area contributed by atoms with E-state index in [-0.39, 0.29) is 16.9 Å². The Kier molecular flexibility index (Phi) is 4.24. The third-order valence-electron chi connectivity index (χ3n) is 2.36. The molecule has 0 fully saturated rings. The van der Waals surface area contributed by atoms with Crippen LogP contribution in [0.5, 0.6) is 5.75 Å². The van der Waals surface area contributed by atoms with E-state index in [4.69, 9.17) is 5.73 Å². The van der Waals surface area contributed by atoms with Crippen LogP contribution in [0.25, 0.3) is 0 Å². The molecule has 0 saturated carbocycles. The van der Waals surface area contributed by atoms with Crippen molar-refractivity contribution in [1.29, 1.82) is 0 Å². The highest BCUT2D eigenvalue weighted by Crippen LogP contribution is 2.27. The molecule has 0 bridgehead atoms. The quantitative estimate of drug-likeness (QED) is 0.513. The van der Waals surface area contributed by atoms with Crippen LogP contribution in [-0.2, 0) is 9.53 Å². The molecule has 98 valence electrons. The number of phenols is 1. The van der Waals surface area contributed by atoms with Crippen molar-refractivity contribution >= 4 is 11.9 Å². The highest BCUT2D eigenvalue weighted by atomic mass is 16.5. The van der Waals surface area contributed by atoms with Gasteiger partial charge in [0, 0.05) is 5.56 Å². The van der Waals surface area contributed by atoms with Gasteiger partial charge in [-0.1, -0.05) is 0 Å². The average Bonchev–Trinajstić information content (AvgIpc) is 2.36. The Labute approximate surface area is 102 Å². The summed E-state index contributed by atoms with van der Waals surface area (Å²) >= 11 is 0. The van der Waals surface area contributed by atoms with Crippen molar-refractivity contribution in [2.75, 3.05) is 7.11 Å². The maximum absolute atomic E-state index is 11.3. The first-order valence-corrected chi connectivity index (χ1v) is 4.95. The standard InChI is InChI=1S/C11H13NO6/c1-18-11(17)5-2-3-7(13)6(4-5)8(14)9(15)10(12)16/h2-4,8-9,13-15H,1H3,(H2,12,16). The third kappa shape index (κ3) is 2.76. The molecule has 0 aromatic heterocycles. The molecule has 0 aliphatic rings. The van der Waals surface area contributed by atoms with Crippen LogP contribution in [0.4, 0.5) is 0 Å². The number of hydrogen-bond donors (Lipinski definition) is 4. The largest absolute Gasteiger partial charge is 0.508 e. The minimum absolute atomic E-state index is 0.0565. The summed E-state index contributed by atoms with van der Waals surface area (Å²) in [7, 11) is 1.17. The maximum Gasteiger partial charge on any atom is 0.337 e. The summed E-state index contributed by atoms with van der Waals surface area (Å²) in [6, 6.07) is 3.52. The summed E-state index contributed by atoms with van der Waals surface area (Å²) in [5.74, 6) is -2.21. The topological polar surface area (TPSA) is 130 Å². The molecule has 1 rings (SSSR count). The number of ether oxygens (including phenoxy) is 1. The molecule has 1 amide bonds. The second-order valence-corrected chi connectivity index (χ2v) is 3.56. The van der Waals surface area contributed by atoms with Gasteiger partial charge in [0.25, 0.3) is 0 Å². The number of benzene rings is 1. The number of nitrogens with two attached hydrogens (primary N) is 1. The third-order valence-corrected chi connectivity index (χ3v) is 2.36. The Morgan fingerprint density at radius 2 is 1.94 bits per heavy atom. The van der Waals surface area contributed by atoms with E-state index in [1.54, 1.807) is 0 Å². The molecule has 2 unspecified atom stereocenters. The molecular formula is C11H13NO6. The molecule has 1 aromatic carbocycles.